The summed E-state index contributed by atoms with van der Waals surface area (Å²) >= 11 is 0. The van der Waals surface area contributed by atoms with Gasteiger partial charge in [-0.1, -0.05) is 44.2 Å². The molecule has 1 N–H and O–H groups in total. The van der Waals surface area contributed by atoms with Crippen molar-refractivity contribution in [2.45, 2.75) is 39.9 Å². The fourth-order valence-corrected chi connectivity index (χ4v) is 3.41. The van der Waals surface area contributed by atoms with Crippen molar-refractivity contribution < 1.29 is 22.7 Å². The van der Waals surface area contributed by atoms with Crippen LogP contribution in [-0.2, 0) is 4.79 Å². The van der Waals surface area contributed by atoms with Crippen LogP contribution in [0, 0.1) is 11.3 Å². The highest BCUT2D eigenvalue weighted by molar-refractivity contribution is 5.91. The molecule has 1 unspecified atom stereocenters. The quantitative estimate of drug-likeness (QED) is 0.788. The molecule has 2 aromatic rings. The van der Waals surface area contributed by atoms with Crippen molar-refractivity contribution in [3.8, 4) is 5.75 Å². The number of hydrogen-bond acceptors (Lipinski definition) is 3. The van der Waals surface area contributed by atoms with Crippen LogP contribution in [0.1, 0.15) is 39.3 Å². The third-order valence-electron chi connectivity index (χ3n) is 4.83. The summed E-state index contributed by atoms with van der Waals surface area (Å²) in [6, 6.07) is 8.00. The first kappa shape index (κ1) is 20.5. The normalized spacial score (nSPS) is 18.5. The van der Waals surface area contributed by atoms with Crippen LogP contribution < -0.4 is 10.2 Å². The number of carbonyl (C=O) groups excluding carboxylic acids is 1. The molecule has 0 saturated carbocycles. The summed E-state index contributed by atoms with van der Waals surface area (Å²) in [6.07, 6.45) is -4.56. The largest absolute Gasteiger partial charge is 0.493 e. The van der Waals surface area contributed by atoms with Gasteiger partial charge in [-0.15, -0.1) is 0 Å². The molecule has 4 nitrogen and oxygen atoms in total. The summed E-state index contributed by atoms with van der Waals surface area (Å²) in [5.41, 5.74) is 1.62. The molecule has 0 aliphatic carbocycles. The summed E-state index contributed by atoms with van der Waals surface area (Å²) < 4.78 is 48.1. The van der Waals surface area contributed by atoms with Crippen LogP contribution in [0.5, 0.6) is 5.75 Å². The molecule has 1 amide bonds. The topological polar surface area (TPSA) is 41.6 Å². The lowest BCUT2D eigenvalue weighted by Gasteiger charge is -2.31. The molecule has 1 aliphatic heterocycles. The van der Waals surface area contributed by atoms with E-state index in [1.165, 1.54) is 6.07 Å². The Morgan fingerprint density at radius 3 is 2.32 bits per heavy atom. The van der Waals surface area contributed by atoms with E-state index in [0.29, 0.717) is 29.0 Å². The molecule has 0 spiro atoms. The first-order chi connectivity index (χ1) is 13.0. The minimum absolute atomic E-state index is 0.0318. The van der Waals surface area contributed by atoms with Gasteiger partial charge >= 0.3 is 6.18 Å². The summed E-state index contributed by atoms with van der Waals surface area (Å²) in [7, 11) is 0. The Balaban J connectivity index is 2.09. The number of fused-ring (bicyclic) bond motifs is 1. The van der Waals surface area contributed by atoms with Crippen molar-refractivity contribution >= 4 is 16.7 Å². The predicted octanol–water partition coefficient (Wildman–Crippen LogP) is 4.85. The Labute approximate surface area is 162 Å². The SMILES string of the molecule is CC(C)COc1ccc(C(N2CC(C)(C)C(=O)N2)C(F)(F)F)c2ccccc12. The molecular formula is C21H25F3N2O2. The van der Waals surface area contributed by atoms with Gasteiger partial charge in [0.05, 0.1) is 12.0 Å². The number of carbonyl (C=O) groups is 1. The minimum atomic E-state index is -4.56. The lowest BCUT2D eigenvalue weighted by Crippen LogP contribution is -2.43. The van der Waals surface area contributed by atoms with E-state index in [4.69, 9.17) is 4.74 Å². The van der Waals surface area contributed by atoms with E-state index in [1.54, 1.807) is 44.2 Å². The van der Waals surface area contributed by atoms with E-state index in [2.05, 4.69) is 5.43 Å². The average Bonchev–Trinajstić information content (AvgIpc) is 2.85. The zero-order valence-corrected chi connectivity index (χ0v) is 16.4. The van der Waals surface area contributed by atoms with Gasteiger partial charge in [0.25, 0.3) is 0 Å². The highest BCUT2D eigenvalue weighted by atomic mass is 19.4. The minimum Gasteiger partial charge on any atom is -0.493 e. The number of ether oxygens (including phenoxy) is 1. The van der Waals surface area contributed by atoms with E-state index in [0.717, 1.165) is 5.01 Å². The highest BCUT2D eigenvalue weighted by Gasteiger charge is 2.51. The summed E-state index contributed by atoms with van der Waals surface area (Å²) in [5, 5.41) is 2.09. The fraction of sp³-hybridized carbons (Fsp3) is 0.476. The molecule has 28 heavy (non-hydrogen) atoms. The summed E-state index contributed by atoms with van der Waals surface area (Å²) in [5.74, 6) is 0.436. The average molecular weight is 394 g/mol. The molecule has 7 heteroatoms. The number of rotatable bonds is 5. The maximum Gasteiger partial charge on any atom is 0.409 e. The van der Waals surface area contributed by atoms with Crippen LogP contribution in [0.2, 0.25) is 0 Å². The second-order valence-electron chi connectivity index (χ2n) is 8.30. The Morgan fingerprint density at radius 2 is 1.79 bits per heavy atom. The number of nitrogens with zero attached hydrogens (tertiary/aromatic N) is 1. The van der Waals surface area contributed by atoms with E-state index in [1.807, 2.05) is 13.8 Å². The van der Waals surface area contributed by atoms with Crippen LogP contribution in [0.25, 0.3) is 10.8 Å². The van der Waals surface area contributed by atoms with E-state index < -0.39 is 23.5 Å². The Hall–Kier alpha value is -2.28. The van der Waals surface area contributed by atoms with E-state index in [9.17, 15) is 18.0 Å². The van der Waals surface area contributed by atoms with Gasteiger partial charge in [0, 0.05) is 11.9 Å². The first-order valence-corrected chi connectivity index (χ1v) is 9.29. The van der Waals surface area contributed by atoms with Gasteiger partial charge in [0.1, 0.15) is 5.75 Å². The first-order valence-electron chi connectivity index (χ1n) is 9.29. The van der Waals surface area contributed by atoms with Crippen LogP contribution >= 0.6 is 0 Å². The van der Waals surface area contributed by atoms with E-state index in [-0.39, 0.29) is 12.1 Å². The number of nitrogens with one attached hydrogen (secondary N) is 1. The lowest BCUT2D eigenvalue weighted by atomic mass is 9.93. The Kier molecular flexibility index (Phi) is 5.32. The van der Waals surface area contributed by atoms with Gasteiger partial charge in [-0.05, 0) is 36.8 Å². The maximum atomic E-state index is 14.1. The van der Waals surface area contributed by atoms with Crippen molar-refractivity contribution in [2.24, 2.45) is 11.3 Å². The van der Waals surface area contributed by atoms with Crippen molar-refractivity contribution in [3.63, 3.8) is 0 Å². The molecule has 152 valence electrons. The van der Waals surface area contributed by atoms with Crippen LogP contribution in [-0.4, -0.2) is 30.2 Å². The second kappa shape index (κ2) is 7.28. The van der Waals surface area contributed by atoms with Gasteiger partial charge in [-0.3, -0.25) is 10.2 Å². The molecule has 0 bridgehead atoms. The molecule has 1 atom stereocenters. The molecule has 1 aliphatic rings. The number of alkyl halides is 3. The third kappa shape index (κ3) is 3.94. The smallest absolute Gasteiger partial charge is 0.409 e. The maximum absolute atomic E-state index is 14.1. The van der Waals surface area contributed by atoms with Crippen molar-refractivity contribution in [1.29, 1.82) is 0 Å². The molecule has 2 aromatic carbocycles. The van der Waals surface area contributed by atoms with Crippen LogP contribution in [0.3, 0.4) is 0 Å². The molecule has 1 heterocycles. The van der Waals surface area contributed by atoms with Crippen molar-refractivity contribution in [2.75, 3.05) is 13.2 Å². The summed E-state index contributed by atoms with van der Waals surface area (Å²) in [4.78, 5) is 12.1. The Bertz CT molecular complexity index is 878. The van der Waals surface area contributed by atoms with Crippen LogP contribution in [0.15, 0.2) is 36.4 Å². The van der Waals surface area contributed by atoms with Crippen molar-refractivity contribution in [1.82, 2.24) is 10.4 Å². The predicted molar refractivity (Wildman–Crippen MR) is 102 cm³/mol. The Morgan fingerprint density at radius 1 is 1.14 bits per heavy atom. The fourth-order valence-electron chi connectivity index (χ4n) is 3.41. The van der Waals surface area contributed by atoms with Gasteiger partial charge < -0.3 is 4.74 Å². The van der Waals surface area contributed by atoms with Gasteiger partial charge in [-0.25, -0.2) is 5.01 Å². The van der Waals surface area contributed by atoms with Gasteiger partial charge in [0.15, 0.2) is 6.04 Å². The van der Waals surface area contributed by atoms with Gasteiger partial charge in [-0.2, -0.15) is 13.2 Å². The molecular weight excluding hydrogens is 369 g/mol. The molecule has 1 fully saturated rings. The third-order valence-corrected chi connectivity index (χ3v) is 4.83. The number of halogens is 3. The number of benzene rings is 2. The number of hydrazine groups is 1. The van der Waals surface area contributed by atoms with Gasteiger partial charge in [0.2, 0.25) is 5.91 Å². The standard InChI is InChI=1S/C21H25F3N2O2/c1-13(2)11-28-17-10-9-16(14-7-5-6-8-15(14)17)18(21(22,23)24)26-12-20(3,4)19(27)25-26/h5-10,13,18H,11-12H2,1-4H3,(H,25,27). The molecule has 0 radical (unpaired) electrons. The van der Waals surface area contributed by atoms with E-state index >= 15 is 0 Å². The van der Waals surface area contributed by atoms with Crippen LogP contribution in [0.4, 0.5) is 13.2 Å². The second-order valence-corrected chi connectivity index (χ2v) is 8.30. The lowest BCUT2D eigenvalue weighted by molar-refractivity contribution is -0.191. The molecule has 0 aromatic heterocycles. The number of hydrogen-bond donors (Lipinski definition) is 1. The molecule has 1 saturated heterocycles. The zero-order valence-electron chi connectivity index (χ0n) is 16.4. The highest BCUT2D eigenvalue weighted by Crippen LogP contribution is 2.44. The summed E-state index contributed by atoms with van der Waals surface area (Å²) in [6.45, 7) is 7.73. The zero-order chi connectivity index (χ0) is 20.7. The van der Waals surface area contributed by atoms with Crippen molar-refractivity contribution in [3.05, 3.63) is 42.0 Å². The number of amides is 1. The molecule has 3 rings (SSSR count). The monoisotopic (exact) mass is 394 g/mol.